The standard InChI is InChI=1S/C19H20N4O/c1-3-7-16(8-4-1)15-22-18-11-12-20-19(23-18)21-13-14-24-17-9-5-2-6-10-17/h1-12H,13-15H2,(H2,20,21,22,23). The molecule has 5 nitrogen and oxygen atoms in total. The molecule has 1 heterocycles. The summed E-state index contributed by atoms with van der Waals surface area (Å²) >= 11 is 0. The van der Waals surface area contributed by atoms with Gasteiger partial charge < -0.3 is 15.4 Å². The lowest BCUT2D eigenvalue weighted by atomic mass is 10.2. The second-order valence-corrected chi connectivity index (χ2v) is 5.19. The number of nitrogens with one attached hydrogen (secondary N) is 2. The third-order valence-electron chi connectivity index (χ3n) is 3.37. The molecule has 122 valence electrons. The van der Waals surface area contributed by atoms with Crippen LogP contribution >= 0.6 is 0 Å². The maximum atomic E-state index is 5.63. The Morgan fingerprint density at radius 2 is 1.58 bits per heavy atom. The van der Waals surface area contributed by atoms with E-state index in [9.17, 15) is 0 Å². The fraction of sp³-hybridized carbons (Fsp3) is 0.158. The van der Waals surface area contributed by atoms with Crippen molar-refractivity contribution in [2.75, 3.05) is 23.8 Å². The predicted octanol–water partition coefficient (Wildman–Crippen LogP) is 3.58. The van der Waals surface area contributed by atoms with Crippen LogP contribution in [0.25, 0.3) is 0 Å². The minimum atomic E-state index is 0.551. The van der Waals surface area contributed by atoms with Crippen LogP contribution in [0.1, 0.15) is 5.56 Å². The molecular formula is C19H20N4O. The van der Waals surface area contributed by atoms with Crippen LogP contribution in [0.2, 0.25) is 0 Å². The fourth-order valence-corrected chi connectivity index (χ4v) is 2.18. The van der Waals surface area contributed by atoms with Crippen LogP contribution in [0.5, 0.6) is 5.75 Å². The number of hydrogen-bond acceptors (Lipinski definition) is 5. The van der Waals surface area contributed by atoms with Crippen LogP contribution in [0.3, 0.4) is 0 Å². The van der Waals surface area contributed by atoms with E-state index in [-0.39, 0.29) is 0 Å². The van der Waals surface area contributed by atoms with Crippen molar-refractivity contribution < 1.29 is 4.74 Å². The van der Waals surface area contributed by atoms with Crippen LogP contribution in [-0.2, 0) is 6.54 Å². The van der Waals surface area contributed by atoms with Crippen molar-refractivity contribution in [3.63, 3.8) is 0 Å². The zero-order valence-electron chi connectivity index (χ0n) is 13.4. The molecule has 0 aliphatic carbocycles. The first kappa shape index (κ1) is 15.8. The Labute approximate surface area is 141 Å². The van der Waals surface area contributed by atoms with E-state index < -0.39 is 0 Å². The quantitative estimate of drug-likeness (QED) is 0.621. The molecule has 0 unspecified atom stereocenters. The van der Waals surface area contributed by atoms with Crippen molar-refractivity contribution in [1.82, 2.24) is 9.97 Å². The summed E-state index contributed by atoms with van der Waals surface area (Å²) in [5, 5.41) is 6.46. The first-order valence-electron chi connectivity index (χ1n) is 7.93. The summed E-state index contributed by atoms with van der Waals surface area (Å²) < 4.78 is 5.63. The van der Waals surface area contributed by atoms with Gasteiger partial charge in [-0.25, -0.2) is 4.98 Å². The molecule has 0 saturated carbocycles. The van der Waals surface area contributed by atoms with Crippen molar-refractivity contribution in [1.29, 1.82) is 0 Å². The van der Waals surface area contributed by atoms with E-state index in [4.69, 9.17) is 4.74 Å². The Morgan fingerprint density at radius 1 is 0.833 bits per heavy atom. The Balaban J connectivity index is 1.45. The summed E-state index contributed by atoms with van der Waals surface area (Å²) in [6, 6.07) is 21.8. The second-order valence-electron chi connectivity index (χ2n) is 5.19. The van der Waals surface area contributed by atoms with Crippen LogP contribution in [0.15, 0.2) is 72.9 Å². The maximum Gasteiger partial charge on any atom is 0.224 e. The minimum Gasteiger partial charge on any atom is -0.492 e. The van der Waals surface area contributed by atoms with E-state index in [1.807, 2.05) is 54.6 Å². The lowest BCUT2D eigenvalue weighted by Gasteiger charge is -2.09. The summed E-state index contributed by atoms with van der Waals surface area (Å²) in [5.74, 6) is 2.24. The van der Waals surface area contributed by atoms with Gasteiger partial charge in [-0.05, 0) is 23.8 Å². The van der Waals surface area contributed by atoms with Crippen molar-refractivity contribution in [3.8, 4) is 5.75 Å². The molecule has 2 N–H and O–H groups in total. The van der Waals surface area contributed by atoms with E-state index in [0.29, 0.717) is 19.1 Å². The highest BCUT2D eigenvalue weighted by molar-refractivity contribution is 5.40. The summed E-state index contributed by atoms with van der Waals surface area (Å²) in [5.41, 5.74) is 1.21. The molecule has 0 atom stereocenters. The molecule has 0 saturated heterocycles. The molecule has 0 bridgehead atoms. The van der Waals surface area contributed by atoms with Crippen LogP contribution < -0.4 is 15.4 Å². The van der Waals surface area contributed by atoms with Crippen molar-refractivity contribution in [3.05, 3.63) is 78.5 Å². The van der Waals surface area contributed by atoms with Gasteiger partial charge in [0.25, 0.3) is 0 Å². The second kappa shape index (κ2) is 8.53. The number of para-hydroxylation sites is 1. The number of anilines is 2. The smallest absolute Gasteiger partial charge is 0.224 e. The molecule has 0 aliphatic rings. The summed E-state index contributed by atoms with van der Waals surface area (Å²) in [6.07, 6.45) is 1.74. The number of benzene rings is 2. The van der Waals surface area contributed by atoms with Gasteiger partial charge in [0.2, 0.25) is 5.95 Å². The largest absolute Gasteiger partial charge is 0.492 e. The van der Waals surface area contributed by atoms with E-state index in [2.05, 4.69) is 32.7 Å². The lowest BCUT2D eigenvalue weighted by Crippen LogP contribution is -2.14. The van der Waals surface area contributed by atoms with Gasteiger partial charge >= 0.3 is 0 Å². The van der Waals surface area contributed by atoms with E-state index in [1.54, 1.807) is 6.20 Å². The topological polar surface area (TPSA) is 59.1 Å². The summed E-state index contributed by atoms with van der Waals surface area (Å²) in [6.45, 7) is 1.92. The van der Waals surface area contributed by atoms with E-state index >= 15 is 0 Å². The summed E-state index contributed by atoms with van der Waals surface area (Å²) in [7, 11) is 0. The molecule has 1 aromatic heterocycles. The van der Waals surface area contributed by atoms with Crippen molar-refractivity contribution in [2.24, 2.45) is 0 Å². The molecule has 0 amide bonds. The first-order chi connectivity index (χ1) is 11.9. The maximum absolute atomic E-state index is 5.63. The third-order valence-corrected chi connectivity index (χ3v) is 3.37. The Kier molecular flexibility index (Phi) is 5.61. The van der Waals surface area contributed by atoms with Gasteiger partial charge in [0, 0.05) is 12.7 Å². The van der Waals surface area contributed by atoms with Crippen LogP contribution in [-0.4, -0.2) is 23.1 Å². The fourth-order valence-electron chi connectivity index (χ4n) is 2.18. The lowest BCUT2D eigenvalue weighted by molar-refractivity contribution is 0.332. The molecule has 3 aromatic rings. The van der Waals surface area contributed by atoms with Gasteiger partial charge in [-0.1, -0.05) is 48.5 Å². The van der Waals surface area contributed by atoms with Gasteiger partial charge in [0.1, 0.15) is 18.2 Å². The van der Waals surface area contributed by atoms with E-state index in [1.165, 1.54) is 5.56 Å². The third kappa shape index (κ3) is 4.98. The zero-order chi connectivity index (χ0) is 16.5. The molecule has 24 heavy (non-hydrogen) atoms. The SMILES string of the molecule is c1ccc(CNc2ccnc(NCCOc3ccccc3)n2)cc1. The van der Waals surface area contributed by atoms with Gasteiger partial charge in [0.05, 0.1) is 6.54 Å². The van der Waals surface area contributed by atoms with Crippen molar-refractivity contribution >= 4 is 11.8 Å². The Bertz CT molecular complexity index is 735. The van der Waals surface area contributed by atoms with Gasteiger partial charge in [0.15, 0.2) is 0 Å². The van der Waals surface area contributed by atoms with Crippen LogP contribution in [0, 0.1) is 0 Å². The predicted molar refractivity (Wildman–Crippen MR) is 96.2 cm³/mol. The minimum absolute atomic E-state index is 0.551. The average Bonchev–Trinajstić information content (AvgIpc) is 2.66. The highest BCUT2D eigenvalue weighted by atomic mass is 16.5. The first-order valence-corrected chi connectivity index (χ1v) is 7.93. The molecule has 0 fully saturated rings. The number of aromatic nitrogens is 2. The number of ether oxygens (including phenoxy) is 1. The Morgan fingerprint density at radius 3 is 2.38 bits per heavy atom. The van der Waals surface area contributed by atoms with Crippen LogP contribution in [0.4, 0.5) is 11.8 Å². The Hall–Kier alpha value is -3.08. The normalized spacial score (nSPS) is 10.2. The van der Waals surface area contributed by atoms with Gasteiger partial charge in [-0.2, -0.15) is 4.98 Å². The molecule has 0 aliphatic heterocycles. The number of nitrogens with zero attached hydrogens (tertiary/aromatic N) is 2. The number of hydrogen-bond donors (Lipinski definition) is 2. The number of rotatable bonds is 8. The molecule has 2 aromatic carbocycles. The zero-order valence-corrected chi connectivity index (χ0v) is 13.4. The summed E-state index contributed by atoms with van der Waals surface area (Å²) in [4.78, 5) is 8.66. The molecule has 3 rings (SSSR count). The highest BCUT2D eigenvalue weighted by Gasteiger charge is 1.99. The highest BCUT2D eigenvalue weighted by Crippen LogP contribution is 2.09. The van der Waals surface area contributed by atoms with Gasteiger partial charge in [-0.3, -0.25) is 0 Å². The van der Waals surface area contributed by atoms with Crippen molar-refractivity contribution in [2.45, 2.75) is 6.54 Å². The van der Waals surface area contributed by atoms with Gasteiger partial charge in [-0.15, -0.1) is 0 Å². The molecule has 0 radical (unpaired) electrons. The molecular weight excluding hydrogens is 300 g/mol. The molecule has 5 heteroatoms. The monoisotopic (exact) mass is 320 g/mol. The molecule has 0 spiro atoms. The van der Waals surface area contributed by atoms with E-state index in [0.717, 1.165) is 18.1 Å². The average molecular weight is 320 g/mol.